The van der Waals surface area contributed by atoms with Gasteiger partial charge >= 0.3 is 0 Å². The van der Waals surface area contributed by atoms with Gasteiger partial charge in [0, 0.05) is 29.8 Å². The summed E-state index contributed by atoms with van der Waals surface area (Å²) in [6.45, 7) is 7.74. The molecular formula is C26H32N4O3S2. The van der Waals surface area contributed by atoms with Gasteiger partial charge in [-0.3, -0.25) is 9.59 Å². The molecule has 186 valence electrons. The van der Waals surface area contributed by atoms with Crippen LogP contribution in [0.4, 0.5) is 5.69 Å². The standard InChI is InChI=1S/C26H32N4O3S2/c1-17(31)27-21(14-18-8-6-5-7-9-18)24(32)28-22(25-29-23(16-34-25)26(2,3)4)15-19-10-12-20(13-11-19)30-35-33/h5-13,16,21-22,30,33H,14-15H2,1-4H3,(H,27,31)(H,28,32)/t21-,22-/m0/s1. The maximum atomic E-state index is 13.4. The third kappa shape index (κ3) is 8.09. The first-order valence-electron chi connectivity index (χ1n) is 11.4. The molecule has 3 aromatic rings. The van der Waals surface area contributed by atoms with E-state index in [1.165, 1.54) is 18.3 Å². The quantitative estimate of drug-likeness (QED) is 0.222. The number of hydrogen-bond acceptors (Lipinski definition) is 7. The molecule has 1 heterocycles. The van der Waals surface area contributed by atoms with E-state index in [0.29, 0.717) is 25.1 Å². The fourth-order valence-electron chi connectivity index (χ4n) is 3.57. The van der Waals surface area contributed by atoms with Crippen molar-refractivity contribution in [1.29, 1.82) is 0 Å². The second kappa shape index (κ2) is 12.2. The first-order chi connectivity index (χ1) is 16.7. The molecule has 0 unspecified atom stereocenters. The number of carbonyl (C=O) groups excluding carboxylic acids is 2. The summed E-state index contributed by atoms with van der Waals surface area (Å²) >= 11 is 2.07. The number of aromatic nitrogens is 1. The van der Waals surface area contributed by atoms with Crippen molar-refractivity contribution in [1.82, 2.24) is 15.6 Å². The number of benzene rings is 2. The van der Waals surface area contributed by atoms with Crippen LogP contribution in [0.1, 0.15) is 55.6 Å². The third-order valence-corrected chi connectivity index (χ3v) is 6.72. The number of carbonyl (C=O) groups is 2. The number of rotatable bonds is 10. The second-order valence-corrected chi connectivity index (χ2v) is 10.7. The molecule has 0 aliphatic heterocycles. The van der Waals surface area contributed by atoms with Gasteiger partial charge < -0.3 is 19.9 Å². The van der Waals surface area contributed by atoms with Crippen LogP contribution in [0.15, 0.2) is 60.0 Å². The summed E-state index contributed by atoms with van der Waals surface area (Å²) in [6.07, 6.45) is 0.927. The molecule has 0 bridgehead atoms. The van der Waals surface area contributed by atoms with Crippen LogP contribution in [0.3, 0.4) is 0 Å². The molecular weight excluding hydrogens is 480 g/mol. The van der Waals surface area contributed by atoms with E-state index in [0.717, 1.165) is 27.5 Å². The highest BCUT2D eigenvalue weighted by Gasteiger charge is 2.27. The van der Waals surface area contributed by atoms with Crippen LogP contribution in [0.2, 0.25) is 0 Å². The summed E-state index contributed by atoms with van der Waals surface area (Å²) in [5, 5.41) is 8.80. The van der Waals surface area contributed by atoms with Crippen molar-refractivity contribution in [2.45, 2.75) is 58.0 Å². The van der Waals surface area contributed by atoms with Crippen LogP contribution in [-0.2, 0) is 27.8 Å². The number of nitrogens with one attached hydrogen (secondary N) is 3. The van der Waals surface area contributed by atoms with Gasteiger partial charge in [0.1, 0.15) is 23.3 Å². The van der Waals surface area contributed by atoms with Crippen molar-refractivity contribution >= 4 is 41.1 Å². The van der Waals surface area contributed by atoms with Gasteiger partial charge in [0.15, 0.2) is 0 Å². The van der Waals surface area contributed by atoms with E-state index in [4.69, 9.17) is 9.54 Å². The second-order valence-electron chi connectivity index (χ2n) is 9.42. The van der Waals surface area contributed by atoms with Gasteiger partial charge in [0.05, 0.1) is 11.7 Å². The number of nitrogens with zero attached hydrogens (tertiary/aromatic N) is 1. The summed E-state index contributed by atoms with van der Waals surface area (Å²) < 4.78 is 11.8. The Morgan fingerprint density at radius 3 is 2.23 bits per heavy atom. The van der Waals surface area contributed by atoms with Gasteiger partial charge in [-0.1, -0.05) is 63.2 Å². The zero-order valence-electron chi connectivity index (χ0n) is 20.4. The van der Waals surface area contributed by atoms with Gasteiger partial charge in [-0.25, -0.2) is 4.98 Å². The normalized spacial score (nSPS) is 13.1. The average molecular weight is 513 g/mol. The molecule has 3 rings (SSSR count). The van der Waals surface area contributed by atoms with E-state index in [1.807, 2.05) is 60.0 Å². The fourth-order valence-corrected chi connectivity index (χ4v) is 4.90. The van der Waals surface area contributed by atoms with Gasteiger partial charge in [0.2, 0.25) is 11.8 Å². The van der Waals surface area contributed by atoms with Gasteiger partial charge in [-0.15, -0.1) is 11.3 Å². The van der Waals surface area contributed by atoms with Crippen molar-refractivity contribution in [3.8, 4) is 0 Å². The molecule has 7 nitrogen and oxygen atoms in total. The van der Waals surface area contributed by atoms with E-state index in [9.17, 15) is 9.59 Å². The summed E-state index contributed by atoms with van der Waals surface area (Å²) in [6, 6.07) is 16.2. The lowest BCUT2D eigenvalue weighted by atomic mass is 9.93. The van der Waals surface area contributed by atoms with Crippen molar-refractivity contribution in [2.24, 2.45) is 0 Å². The smallest absolute Gasteiger partial charge is 0.243 e. The van der Waals surface area contributed by atoms with Crippen molar-refractivity contribution in [3.63, 3.8) is 0 Å². The molecule has 1 aromatic heterocycles. The minimum absolute atomic E-state index is 0.107. The largest absolute Gasteiger partial charge is 0.345 e. The van der Waals surface area contributed by atoms with Crippen molar-refractivity contribution < 1.29 is 14.1 Å². The lowest BCUT2D eigenvalue weighted by molar-refractivity contribution is -0.128. The average Bonchev–Trinajstić information content (AvgIpc) is 3.31. The maximum Gasteiger partial charge on any atom is 0.243 e. The first-order valence-corrected chi connectivity index (χ1v) is 13.0. The number of hydrogen-bond donors (Lipinski definition) is 4. The monoisotopic (exact) mass is 512 g/mol. The van der Waals surface area contributed by atoms with Crippen LogP contribution in [0.5, 0.6) is 0 Å². The van der Waals surface area contributed by atoms with Crippen LogP contribution in [0, 0.1) is 0 Å². The summed E-state index contributed by atoms with van der Waals surface area (Å²) in [5.41, 5.74) is 3.62. The Labute approximate surface area is 215 Å². The van der Waals surface area contributed by atoms with Crippen LogP contribution in [0.25, 0.3) is 0 Å². The van der Waals surface area contributed by atoms with Crippen molar-refractivity contribution in [2.75, 3.05) is 4.72 Å². The van der Waals surface area contributed by atoms with E-state index >= 15 is 0 Å². The highest BCUT2D eigenvalue weighted by atomic mass is 32.2. The molecule has 0 saturated heterocycles. The lowest BCUT2D eigenvalue weighted by Crippen LogP contribution is -2.48. The van der Waals surface area contributed by atoms with Crippen LogP contribution < -0.4 is 15.4 Å². The predicted molar refractivity (Wildman–Crippen MR) is 143 cm³/mol. The zero-order chi connectivity index (χ0) is 25.4. The highest BCUT2D eigenvalue weighted by Crippen LogP contribution is 2.29. The van der Waals surface area contributed by atoms with Gasteiger partial charge in [-0.2, -0.15) is 0 Å². The van der Waals surface area contributed by atoms with E-state index in [-0.39, 0.29) is 23.3 Å². The maximum absolute atomic E-state index is 13.4. The van der Waals surface area contributed by atoms with E-state index in [2.05, 4.69) is 36.1 Å². The topological polar surface area (TPSA) is 103 Å². The zero-order valence-corrected chi connectivity index (χ0v) is 22.0. The van der Waals surface area contributed by atoms with Gasteiger partial charge in [-0.05, 0) is 29.7 Å². The SMILES string of the molecule is CC(=O)N[C@@H](Cc1ccccc1)C(=O)N[C@@H](Cc1ccc(NSO)cc1)c1nc(C(C)(C)C)cs1. The number of anilines is 1. The molecule has 0 aliphatic rings. The number of amides is 2. The minimum atomic E-state index is -0.701. The predicted octanol–water partition coefficient (Wildman–Crippen LogP) is 5.12. The Kier molecular flexibility index (Phi) is 9.31. The molecule has 2 aromatic carbocycles. The fraction of sp³-hybridized carbons (Fsp3) is 0.346. The molecule has 2 amide bonds. The Hall–Kier alpha value is -2.88. The summed E-state index contributed by atoms with van der Waals surface area (Å²) in [4.78, 5) is 30.1. The summed E-state index contributed by atoms with van der Waals surface area (Å²) in [7, 11) is 0. The molecule has 35 heavy (non-hydrogen) atoms. The molecule has 9 heteroatoms. The lowest BCUT2D eigenvalue weighted by Gasteiger charge is -2.23. The summed E-state index contributed by atoms with van der Waals surface area (Å²) in [5.74, 6) is -0.511. The first kappa shape index (κ1) is 26.7. The molecule has 0 fully saturated rings. The molecule has 0 saturated carbocycles. The Bertz CT molecular complexity index is 1110. The van der Waals surface area contributed by atoms with Crippen molar-refractivity contribution in [3.05, 3.63) is 81.8 Å². The highest BCUT2D eigenvalue weighted by molar-refractivity contribution is 7.95. The van der Waals surface area contributed by atoms with E-state index < -0.39 is 6.04 Å². The minimum Gasteiger partial charge on any atom is -0.345 e. The molecule has 2 atom stereocenters. The van der Waals surface area contributed by atoms with E-state index in [1.54, 1.807) is 0 Å². The Morgan fingerprint density at radius 2 is 1.66 bits per heavy atom. The molecule has 4 N–H and O–H groups in total. The van der Waals surface area contributed by atoms with Crippen LogP contribution >= 0.6 is 23.6 Å². The van der Waals surface area contributed by atoms with Crippen LogP contribution in [-0.4, -0.2) is 27.4 Å². The molecule has 0 aliphatic carbocycles. The molecule has 0 radical (unpaired) electrons. The Balaban J connectivity index is 1.85. The molecule has 0 spiro atoms. The van der Waals surface area contributed by atoms with Gasteiger partial charge in [0.25, 0.3) is 0 Å². The Morgan fingerprint density at radius 1 is 1.00 bits per heavy atom. The third-order valence-electron chi connectivity index (χ3n) is 5.44. The number of thiazole rings is 1.